The molecule has 1 aromatic heterocycles. The molecule has 2 amide bonds. The maximum absolute atomic E-state index is 12.0. The van der Waals surface area contributed by atoms with E-state index in [1.807, 2.05) is 6.92 Å². The molecule has 1 aromatic rings. The molecule has 0 spiro atoms. The summed E-state index contributed by atoms with van der Waals surface area (Å²) in [5.74, 6) is 0.776. The standard InChI is InChI=1S/C13H17ClN4O2/c1-3-4-10-16-9(14)7-11(17-10)15-8-5-6-12(19)18(2)13(8)20/h7-8H,3-6H2,1-2H3,(H,15,16,17). The first-order valence-electron chi connectivity index (χ1n) is 6.61. The second-order valence-corrected chi connectivity index (χ2v) is 5.16. The van der Waals surface area contributed by atoms with Gasteiger partial charge >= 0.3 is 0 Å². The number of imide groups is 1. The third kappa shape index (κ3) is 3.25. The molecule has 1 unspecified atom stereocenters. The molecule has 1 aliphatic rings. The number of likely N-dealkylation sites (N-methyl/N-ethyl adjacent to an activating group) is 1. The average molecular weight is 297 g/mol. The molecule has 2 heterocycles. The highest BCUT2D eigenvalue weighted by molar-refractivity contribution is 6.29. The summed E-state index contributed by atoms with van der Waals surface area (Å²) in [5.41, 5.74) is 0. The summed E-state index contributed by atoms with van der Waals surface area (Å²) in [4.78, 5) is 33.0. The van der Waals surface area contributed by atoms with Crippen LogP contribution in [0.5, 0.6) is 0 Å². The van der Waals surface area contributed by atoms with Crippen LogP contribution in [-0.2, 0) is 16.0 Å². The van der Waals surface area contributed by atoms with Crippen molar-refractivity contribution in [1.29, 1.82) is 0 Å². The number of carbonyl (C=O) groups is 2. The summed E-state index contributed by atoms with van der Waals surface area (Å²) in [7, 11) is 1.49. The number of halogens is 1. The largest absolute Gasteiger partial charge is 0.358 e. The van der Waals surface area contributed by atoms with E-state index in [9.17, 15) is 9.59 Å². The summed E-state index contributed by atoms with van der Waals surface area (Å²) in [5, 5.41) is 3.39. The maximum atomic E-state index is 12.0. The van der Waals surface area contributed by atoms with Gasteiger partial charge in [0, 0.05) is 26.0 Å². The molecule has 1 fully saturated rings. The van der Waals surface area contributed by atoms with Gasteiger partial charge in [-0.1, -0.05) is 18.5 Å². The smallest absolute Gasteiger partial charge is 0.251 e. The molecule has 1 saturated heterocycles. The summed E-state index contributed by atoms with van der Waals surface area (Å²) >= 11 is 5.95. The van der Waals surface area contributed by atoms with Gasteiger partial charge in [-0.05, 0) is 12.8 Å². The predicted molar refractivity (Wildman–Crippen MR) is 75.5 cm³/mol. The van der Waals surface area contributed by atoms with Crippen molar-refractivity contribution in [3.05, 3.63) is 17.0 Å². The van der Waals surface area contributed by atoms with Gasteiger partial charge in [0.15, 0.2) is 0 Å². The number of amides is 2. The lowest BCUT2D eigenvalue weighted by molar-refractivity contribution is -0.146. The zero-order valence-corrected chi connectivity index (χ0v) is 12.3. The maximum Gasteiger partial charge on any atom is 0.251 e. The van der Waals surface area contributed by atoms with Crippen LogP contribution < -0.4 is 5.32 Å². The quantitative estimate of drug-likeness (QED) is 0.675. The molecule has 1 aliphatic heterocycles. The number of nitrogens with zero attached hydrogens (tertiary/aromatic N) is 3. The summed E-state index contributed by atoms with van der Waals surface area (Å²) in [6, 6.07) is 1.14. The molecule has 2 rings (SSSR count). The minimum absolute atomic E-state index is 0.152. The van der Waals surface area contributed by atoms with Crippen molar-refractivity contribution in [2.75, 3.05) is 12.4 Å². The van der Waals surface area contributed by atoms with Crippen LogP contribution in [0.25, 0.3) is 0 Å². The van der Waals surface area contributed by atoms with Crippen LogP contribution in [-0.4, -0.2) is 39.8 Å². The van der Waals surface area contributed by atoms with Gasteiger partial charge in [-0.25, -0.2) is 9.97 Å². The Morgan fingerprint density at radius 3 is 2.90 bits per heavy atom. The van der Waals surface area contributed by atoms with E-state index in [0.717, 1.165) is 17.7 Å². The lowest BCUT2D eigenvalue weighted by atomic mass is 10.0. The molecule has 0 bridgehead atoms. The Labute approximate surface area is 122 Å². The van der Waals surface area contributed by atoms with E-state index in [1.54, 1.807) is 6.07 Å². The molecule has 0 aliphatic carbocycles. The number of carbonyl (C=O) groups excluding carboxylic acids is 2. The van der Waals surface area contributed by atoms with Gasteiger partial charge in [-0.2, -0.15) is 0 Å². The predicted octanol–water partition coefficient (Wildman–Crippen LogP) is 1.64. The van der Waals surface area contributed by atoms with Gasteiger partial charge in [-0.15, -0.1) is 0 Å². The monoisotopic (exact) mass is 296 g/mol. The molecule has 1 atom stereocenters. The van der Waals surface area contributed by atoms with E-state index in [-0.39, 0.29) is 11.8 Å². The van der Waals surface area contributed by atoms with Gasteiger partial charge in [0.2, 0.25) is 5.91 Å². The van der Waals surface area contributed by atoms with E-state index in [0.29, 0.717) is 29.6 Å². The molecule has 1 N–H and O–H groups in total. The zero-order valence-electron chi connectivity index (χ0n) is 11.5. The van der Waals surface area contributed by atoms with Gasteiger partial charge < -0.3 is 5.32 Å². The third-order valence-corrected chi connectivity index (χ3v) is 3.38. The fourth-order valence-corrected chi connectivity index (χ4v) is 2.30. The summed E-state index contributed by atoms with van der Waals surface area (Å²) in [6.45, 7) is 2.03. The van der Waals surface area contributed by atoms with Crippen LogP contribution in [0, 0.1) is 0 Å². The minimum Gasteiger partial charge on any atom is -0.358 e. The summed E-state index contributed by atoms with van der Waals surface area (Å²) in [6.07, 6.45) is 2.46. The Kier molecular flexibility index (Phi) is 4.54. The van der Waals surface area contributed by atoms with Crippen molar-refractivity contribution in [3.8, 4) is 0 Å². The number of hydrogen-bond acceptors (Lipinski definition) is 5. The molecule has 0 saturated carbocycles. The van der Waals surface area contributed by atoms with E-state index < -0.39 is 6.04 Å². The van der Waals surface area contributed by atoms with Crippen LogP contribution in [0.1, 0.15) is 32.0 Å². The number of hydrogen-bond donors (Lipinski definition) is 1. The zero-order chi connectivity index (χ0) is 14.7. The minimum atomic E-state index is -0.446. The highest BCUT2D eigenvalue weighted by Gasteiger charge is 2.31. The fraction of sp³-hybridized carbons (Fsp3) is 0.538. The van der Waals surface area contributed by atoms with Gasteiger partial charge in [-0.3, -0.25) is 14.5 Å². The topological polar surface area (TPSA) is 75.2 Å². The number of rotatable bonds is 4. The molecule has 0 aromatic carbocycles. The Morgan fingerprint density at radius 2 is 2.20 bits per heavy atom. The number of anilines is 1. The normalized spacial score (nSPS) is 19.4. The Morgan fingerprint density at radius 1 is 1.45 bits per heavy atom. The van der Waals surface area contributed by atoms with Crippen LogP contribution in [0.3, 0.4) is 0 Å². The van der Waals surface area contributed by atoms with Crippen LogP contribution in [0.15, 0.2) is 6.07 Å². The molecular formula is C13H17ClN4O2. The second-order valence-electron chi connectivity index (χ2n) is 4.77. The van der Waals surface area contributed by atoms with Gasteiger partial charge in [0.1, 0.15) is 22.8 Å². The molecule has 6 nitrogen and oxygen atoms in total. The first-order valence-corrected chi connectivity index (χ1v) is 6.99. The number of piperidine rings is 1. The first-order chi connectivity index (χ1) is 9.51. The molecule has 108 valence electrons. The second kappa shape index (κ2) is 6.17. The highest BCUT2D eigenvalue weighted by atomic mass is 35.5. The Hall–Kier alpha value is -1.69. The Balaban J connectivity index is 2.13. The van der Waals surface area contributed by atoms with Gasteiger partial charge in [0.25, 0.3) is 5.91 Å². The van der Waals surface area contributed by atoms with Crippen molar-refractivity contribution in [2.24, 2.45) is 0 Å². The molecule has 0 radical (unpaired) electrons. The van der Waals surface area contributed by atoms with Crippen LogP contribution >= 0.6 is 11.6 Å². The van der Waals surface area contributed by atoms with Crippen LogP contribution in [0.4, 0.5) is 5.82 Å². The number of aryl methyl sites for hydroxylation is 1. The number of aromatic nitrogens is 2. The van der Waals surface area contributed by atoms with E-state index in [2.05, 4.69) is 15.3 Å². The fourth-order valence-electron chi connectivity index (χ4n) is 2.10. The lowest BCUT2D eigenvalue weighted by Gasteiger charge is -2.28. The van der Waals surface area contributed by atoms with Crippen LogP contribution in [0.2, 0.25) is 5.15 Å². The van der Waals surface area contributed by atoms with Crippen molar-refractivity contribution in [3.63, 3.8) is 0 Å². The van der Waals surface area contributed by atoms with Gasteiger partial charge in [0.05, 0.1) is 0 Å². The van der Waals surface area contributed by atoms with E-state index >= 15 is 0 Å². The average Bonchev–Trinajstić information content (AvgIpc) is 2.39. The van der Waals surface area contributed by atoms with Crippen molar-refractivity contribution < 1.29 is 9.59 Å². The SMILES string of the molecule is CCCc1nc(Cl)cc(NC2CCC(=O)N(C)C2=O)n1. The number of likely N-dealkylation sites (tertiary alicyclic amines) is 1. The first kappa shape index (κ1) is 14.7. The van der Waals surface area contributed by atoms with Crippen molar-refractivity contribution >= 4 is 29.2 Å². The third-order valence-electron chi connectivity index (χ3n) is 3.19. The molecule has 20 heavy (non-hydrogen) atoms. The Bertz CT molecular complexity index is 535. The molecule has 7 heteroatoms. The summed E-state index contributed by atoms with van der Waals surface area (Å²) < 4.78 is 0. The van der Waals surface area contributed by atoms with E-state index in [4.69, 9.17) is 11.6 Å². The lowest BCUT2D eigenvalue weighted by Crippen LogP contribution is -2.48. The highest BCUT2D eigenvalue weighted by Crippen LogP contribution is 2.18. The van der Waals surface area contributed by atoms with E-state index in [1.165, 1.54) is 7.05 Å². The van der Waals surface area contributed by atoms with Crippen molar-refractivity contribution in [2.45, 2.75) is 38.6 Å². The molecular weight excluding hydrogens is 280 g/mol. The van der Waals surface area contributed by atoms with Crippen molar-refractivity contribution in [1.82, 2.24) is 14.9 Å². The number of nitrogens with one attached hydrogen (secondary N) is 1.